The number of aryl methyl sites for hydroxylation is 2. The highest BCUT2D eigenvalue weighted by Crippen LogP contribution is 2.41. The van der Waals surface area contributed by atoms with Crippen LogP contribution >= 0.6 is 0 Å². The lowest BCUT2D eigenvalue weighted by Crippen LogP contribution is -2.56. The van der Waals surface area contributed by atoms with Crippen molar-refractivity contribution in [2.75, 3.05) is 5.32 Å². The predicted molar refractivity (Wildman–Crippen MR) is 105 cm³/mol. The highest BCUT2D eigenvalue weighted by molar-refractivity contribution is 6.23. The minimum absolute atomic E-state index is 0.202. The van der Waals surface area contributed by atoms with Crippen LogP contribution in [-0.2, 0) is 16.6 Å². The molecule has 2 amide bonds. The minimum atomic E-state index is -4.61. The number of carbonyl (C=O) groups is 2. The molecule has 2 aromatic rings. The van der Waals surface area contributed by atoms with Crippen LogP contribution in [0.5, 0.6) is 0 Å². The van der Waals surface area contributed by atoms with Gasteiger partial charge in [0.05, 0.1) is 11.6 Å². The van der Waals surface area contributed by atoms with Crippen LogP contribution in [-0.4, -0.2) is 45.0 Å². The Hall–Kier alpha value is -3.34. The summed E-state index contributed by atoms with van der Waals surface area (Å²) >= 11 is 0. The van der Waals surface area contributed by atoms with Gasteiger partial charge in [-0.3, -0.25) is 14.3 Å². The van der Waals surface area contributed by atoms with E-state index in [1.165, 1.54) is 11.6 Å². The molecule has 8 nitrogen and oxygen atoms in total. The third-order valence-electron chi connectivity index (χ3n) is 5.44. The largest absolute Gasteiger partial charge is 0.406 e. The maximum absolute atomic E-state index is 13.8. The molecule has 1 saturated heterocycles. The average molecular weight is 434 g/mol. The lowest BCUT2D eigenvalue weighted by atomic mass is 9.89. The van der Waals surface area contributed by atoms with Gasteiger partial charge in [-0.25, -0.2) is 10.4 Å². The fourth-order valence-electron chi connectivity index (χ4n) is 4.07. The number of rotatable bonds is 3. The maximum Gasteiger partial charge on any atom is 0.406 e. The molecule has 164 valence electrons. The van der Waals surface area contributed by atoms with E-state index in [9.17, 15) is 22.8 Å². The lowest BCUT2D eigenvalue weighted by Gasteiger charge is -2.34. The number of anilines is 1. The Morgan fingerprint density at radius 2 is 1.87 bits per heavy atom. The van der Waals surface area contributed by atoms with Crippen LogP contribution in [0.2, 0.25) is 0 Å². The number of nitrogens with one attached hydrogen (secondary N) is 3. The van der Waals surface area contributed by atoms with Gasteiger partial charge in [-0.1, -0.05) is 30.3 Å². The van der Waals surface area contributed by atoms with Crippen LogP contribution in [0.3, 0.4) is 0 Å². The summed E-state index contributed by atoms with van der Waals surface area (Å²) in [7, 11) is 1.63. The molecule has 3 unspecified atom stereocenters. The van der Waals surface area contributed by atoms with E-state index < -0.39 is 36.1 Å². The first kappa shape index (κ1) is 20.9. The van der Waals surface area contributed by atoms with Crippen molar-refractivity contribution in [3.05, 3.63) is 58.9 Å². The first-order valence-electron chi connectivity index (χ1n) is 9.58. The molecular weight excluding hydrogens is 413 g/mol. The number of alkyl halides is 3. The highest BCUT2D eigenvalue weighted by Gasteiger charge is 2.58. The van der Waals surface area contributed by atoms with Gasteiger partial charge in [-0.15, -0.1) is 0 Å². The zero-order valence-corrected chi connectivity index (χ0v) is 17.0. The van der Waals surface area contributed by atoms with Gasteiger partial charge in [0.1, 0.15) is 23.6 Å². The van der Waals surface area contributed by atoms with E-state index in [4.69, 9.17) is 0 Å². The van der Waals surface area contributed by atoms with Crippen molar-refractivity contribution in [3.8, 4) is 0 Å². The molecule has 1 aromatic heterocycles. The van der Waals surface area contributed by atoms with Crippen LogP contribution in [0.25, 0.3) is 0 Å². The number of fused-ring (bicyclic) bond motifs is 1. The Kier molecular flexibility index (Phi) is 5.00. The van der Waals surface area contributed by atoms with Crippen molar-refractivity contribution < 1.29 is 22.8 Å². The summed E-state index contributed by atoms with van der Waals surface area (Å²) in [6.45, 7) is 3.24. The molecule has 0 saturated carbocycles. The number of hydrogen-bond donors (Lipinski definition) is 3. The quantitative estimate of drug-likeness (QED) is 0.643. The molecule has 2 aliphatic heterocycles. The SMILES string of the molecule is CC1=C(C(=O)Nc2cc(C)nn2C)C(=O)N2NC(C(F)(F)F)C(c3ccccc3)C2N1. The van der Waals surface area contributed by atoms with Gasteiger partial charge in [-0.2, -0.15) is 18.3 Å². The molecule has 1 fully saturated rings. The molecular formula is C20H21F3N6O2. The average Bonchev–Trinajstić information content (AvgIpc) is 3.22. The molecule has 2 aliphatic rings. The number of aromatic nitrogens is 2. The summed E-state index contributed by atoms with van der Waals surface area (Å²) in [5, 5.41) is 10.5. The molecule has 0 spiro atoms. The van der Waals surface area contributed by atoms with E-state index >= 15 is 0 Å². The van der Waals surface area contributed by atoms with E-state index in [1.807, 2.05) is 0 Å². The third-order valence-corrected chi connectivity index (χ3v) is 5.44. The Morgan fingerprint density at radius 3 is 2.45 bits per heavy atom. The zero-order chi connectivity index (χ0) is 22.5. The number of hydrazine groups is 1. The first-order valence-corrected chi connectivity index (χ1v) is 9.58. The van der Waals surface area contributed by atoms with Gasteiger partial charge in [-0.05, 0) is 19.4 Å². The van der Waals surface area contributed by atoms with Crippen molar-refractivity contribution in [3.63, 3.8) is 0 Å². The van der Waals surface area contributed by atoms with Crippen LogP contribution in [0.4, 0.5) is 19.0 Å². The minimum Gasteiger partial charge on any atom is -0.366 e. The summed E-state index contributed by atoms with van der Waals surface area (Å²) < 4.78 is 42.9. The van der Waals surface area contributed by atoms with Crippen LogP contribution in [0.15, 0.2) is 47.7 Å². The molecule has 11 heteroatoms. The van der Waals surface area contributed by atoms with E-state index in [0.717, 1.165) is 5.01 Å². The summed E-state index contributed by atoms with van der Waals surface area (Å²) in [4.78, 5) is 25.9. The predicted octanol–water partition coefficient (Wildman–Crippen LogP) is 1.93. The molecule has 0 aliphatic carbocycles. The van der Waals surface area contributed by atoms with Crippen molar-refractivity contribution in [2.45, 2.75) is 38.1 Å². The lowest BCUT2D eigenvalue weighted by molar-refractivity contribution is -0.161. The van der Waals surface area contributed by atoms with Gasteiger partial charge < -0.3 is 10.6 Å². The van der Waals surface area contributed by atoms with E-state index in [-0.39, 0.29) is 11.3 Å². The van der Waals surface area contributed by atoms with E-state index in [0.29, 0.717) is 17.1 Å². The molecule has 3 atom stereocenters. The summed E-state index contributed by atoms with van der Waals surface area (Å²) in [5.74, 6) is -2.29. The smallest absolute Gasteiger partial charge is 0.366 e. The van der Waals surface area contributed by atoms with E-state index in [1.54, 1.807) is 50.4 Å². The number of hydrogen-bond acceptors (Lipinski definition) is 5. The number of benzene rings is 1. The molecule has 1 aromatic carbocycles. The normalized spacial score (nSPS) is 23.6. The van der Waals surface area contributed by atoms with Crippen LogP contribution in [0.1, 0.15) is 24.1 Å². The second-order valence-electron chi connectivity index (χ2n) is 7.60. The van der Waals surface area contributed by atoms with Crippen molar-refractivity contribution >= 4 is 17.6 Å². The van der Waals surface area contributed by atoms with Crippen molar-refractivity contribution in [1.82, 2.24) is 25.5 Å². The highest BCUT2D eigenvalue weighted by atomic mass is 19.4. The van der Waals surface area contributed by atoms with E-state index in [2.05, 4.69) is 21.2 Å². The Balaban J connectivity index is 1.67. The summed E-state index contributed by atoms with van der Waals surface area (Å²) in [5.41, 5.74) is 3.31. The molecule has 0 bridgehead atoms. The van der Waals surface area contributed by atoms with Gasteiger partial charge in [0.2, 0.25) is 0 Å². The summed E-state index contributed by atoms with van der Waals surface area (Å²) in [6, 6.07) is 7.81. The Bertz CT molecular complexity index is 1060. The topological polar surface area (TPSA) is 91.3 Å². The Labute approximate surface area is 176 Å². The van der Waals surface area contributed by atoms with Crippen molar-refractivity contribution in [1.29, 1.82) is 0 Å². The van der Waals surface area contributed by atoms with Gasteiger partial charge in [0.15, 0.2) is 0 Å². The van der Waals surface area contributed by atoms with Crippen LogP contribution < -0.4 is 16.1 Å². The molecule has 31 heavy (non-hydrogen) atoms. The molecule has 3 heterocycles. The fraction of sp³-hybridized carbons (Fsp3) is 0.350. The number of halogens is 3. The molecule has 0 radical (unpaired) electrons. The number of carbonyl (C=O) groups excluding carboxylic acids is 2. The second-order valence-corrected chi connectivity index (χ2v) is 7.60. The Morgan fingerprint density at radius 1 is 1.19 bits per heavy atom. The number of amides is 2. The number of nitrogens with zero attached hydrogens (tertiary/aromatic N) is 3. The molecule has 3 N–H and O–H groups in total. The third kappa shape index (κ3) is 3.65. The molecule has 4 rings (SSSR count). The van der Waals surface area contributed by atoms with Gasteiger partial charge >= 0.3 is 6.18 Å². The van der Waals surface area contributed by atoms with Gasteiger partial charge in [0.25, 0.3) is 11.8 Å². The summed E-state index contributed by atoms with van der Waals surface area (Å²) in [6.07, 6.45) is -5.61. The monoisotopic (exact) mass is 434 g/mol. The first-order chi connectivity index (χ1) is 14.6. The standard InChI is InChI=1S/C20H21F3N6O2/c1-10-9-13(28(3)26-10)25-18(30)14-11(2)24-17-15(12-7-5-4-6-8-12)16(20(21,22)23)27-29(17)19(14)31/h4-9,15-17,24,27H,1-3H3,(H,25,30). The van der Waals surface area contributed by atoms with Crippen LogP contribution in [0, 0.1) is 6.92 Å². The number of allylic oxidation sites excluding steroid dienone is 1. The fourth-order valence-corrected chi connectivity index (χ4v) is 4.07. The zero-order valence-electron chi connectivity index (χ0n) is 17.0. The second kappa shape index (κ2) is 7.41. The van der Waals surface area contributed by atoms with Crippen molar-refractivity contribution in [2.24, 2.45) is 7.05 Å². The maximum atomic E-state index is 13.8. The van der Waals surface area contributed by atoms with Gasteiger partial charge in [0, 0.05) is 18.8 Å².